The Morgan fingerprint density at radius 1 is 1.24 bits per heavy atom. The Kier molecular flexibility index (Phi) is 3.56. The van der Waals surface area contributed by atoms with Crippen molar-refractivity contribution < 1.29 is 22.3 Å². The van der Waals surface area contributed by atoms with Gasteiger partial charge in [-0.15, -0.1) is 0 Å². The average Bonchev–Trinajstić information content (AvgIpc) is 3.09. The van der Waals surface area contributed by atoms with Crippen LogP contribution in [0.4, 0.5) is 4.39 Å². The van der Waals surface area contributed by atoms with E-state index in [-0.39, 0.29) is 18.1 Å². The lowest BCUT2D eigenvalue weighted by Crippen LogP contribution is -2.31. The number of sulfonamides is 1. The van der Waals surface area contributed by atoms with Crippen LogP contribution in [0.1, 0.15) is 18.0 Å². The zero-order valence-corrected chi connectivity index (χ0v) is 11.8. The van der Waals surface area contributed by atoms with E-state index in [1.165, 1.54) is 47.0 Å². The third-order valence-electron chi connectivity index (χ3n) is 3.55. The fourth-order valence-electron chi connectivity index (χ4n) is 2.56. The van der Waals surface area contributed by atoms with Gasteiger partial charge >= 0.3 is 0 Å². The van der Waals surface area contributed by atoms with Crippen molar-refractivity contribution in [1.29, 1.82) is 0 Å². The predicted octanol–water partition coefficient (Wildman–Crippen LogP) is 1.92. The van der Waals surface area contributed by atoms with Crippen molar-refractivity contribution in [2.75, 3.05) is 6.54 Å². The quantitative estimate of drug-likeness (QED) is 0.940. The van der Waals surface area contributed by atoms with Gasteiger partial charge in [-0.2, -0.15) is 4.31 Å². The molecule has 2 aromatic rings. The first-order chi connectivity index (χ1) is 9.98. The summed E-state index contributed by atoms with van der Waals surface area (Å²) in [5.74, 6) is -0.391. The number of nitrogens with zero attached hydrogens (tertiary/aromatic N) is 1. The minimum atomic E-state index is -3.82. The molecule has 1 aliphatic rings. The van der Waals surface area contributed by atoms with Gasteiger partial charge in [-0.25, -0.2) is 12.8 Å². The first-order valence-corrected chi connectivity index (χ1v) is 7.91. The molecule has 1 aliphatic heterocycles. The molecule has 2 atom stereocenters. The van der Waals surface area contributed by atoms with E-state index in [9.17, 15) is 17.9 Å². The van der Waals surface area contributed by atoms with Crippen molar-refractivity contribution in [3.63, 3.8) is 0 Å². The van der Waals surface area contributed by atoms with Crippen LogP contribution in [0.5, 0.6) is 0 Å². The molecule has 0 amide bonds. The molecule has 2 heterocycles. The van der Waals surface area contributed by atoms with Gasteiger partial charge in [-0.1, -0.05) is 12.1 Å². The number of benzene rings is 1. The van der Waals surface area contributed by atoms with Gasteiger partial charge in [0.15, 0.2) is 0 Å². The number of furan rings is 1. The third kappa shape index (κ3) is 2.59. The Morgan fingerprint density at radius 3 is 2.57 bits per heavy atom. The monoisotopic (exact) mass is 311 g/mol. The van der Waals surface area contributed by atoms with Crippen molar-refractivity contribution in [3.8, 4) is 0 Å². The highest BCUT2D eigenvalue weighted by Gasteiger charge is 2.41. The van der Waals surface area contributed by atoms with Gasteiger partial charge in [0.25, 0.3) is 10.0 Å². The summed E-state index contributed by atoms with van der Waals surface area (Å²) in [4.78, 5) is 0. The van der Waals surface area contributed by atoms with Crippen LogP contribution in [0, 0.1) is 5.82 Å². The molecule has 0 spiro atoms. The van der Waals surface area contributed by atoms with Gasteiger partial charge in [0.1, 0.15) is 5.82 Å². The van der Waals surface area contributed by atoms with Gasteiger partial charge in [0, 0.05) is 6.54 Å². The van der Waals surface area contributed by atoms with Gasteiger partial charge in [0.05, 0.1) is 18.4 Å². The van der Waals surface area contributed by atoms with Crippen LogP contribution < -0.4 is 0 Å². The van der Waals surface area contributed by atoms with E-state index in [0.717, 1.165) is 0 Å². The zero-order valence-electron chi connectivity index (χ0n) is 11.0. The highest BCUT2D eigenvalue weighted by atomic mass is 32.2. The lowest BCUT2D eigenvalue weighted by molar-refractivity contribution is 0.188. The molecule has 5 nitrogen and oxygen atoms in total. The van der Waals surface area contributed by atoms with Crippen molar-refractivity contribution in [2.45, 2.75) is 23.7 Å². The lowest BCUT2D eigenvalue weighted by Gasteiger charge is -2.22. The summed E-state index contributed by atoms with van der Waals surface area (Å²) in [7, 11) is -3.82. The minimum Gasteiger partial charge on any atom is -0.452 e. The zero-order chi connectivity index (χ0) is 15.0. The second-order valence-electron chi connectivity index (χ2n) is 4.96. The molecule has 0 radical (unpaired) electrons. The molecule has 0 unspecified atom stereocenters. The maximum absolute atomic E-state index is 13.0. The molecule has 1 aromatic heterocycles. The summed E-state index contributed by atoms with van der Waals surface area (Å²) in [5, 5.41) is 9.67. The highest BCUT2D eigenvalue weighted by molar-refractivity contribution is 7.89. The molecule has 1 aromatic carbocycles. The second kappa shape index (κ2) is 5.25. The molecule has 0 aliphatic carbocycles. The topological polar surface area (TPSA) is 70.8 Å². The number of aliphatic hydroxyl groups excluding tert-OH is 1. The van der Waals surface area contributed by atoms with Crippen LogP contribution in [0.2, 0.25) is 0 Å². The van der Waals surface area contributed by atoms with Gasteiger partial charge in [-0.3, -0.25) is 0 Å². The van der Waals surface area contributed by atoms with Gasteiger partial charge < -0.3 is 9.52 Å². The number of β-amino-alcohol motifs (C(OH)–C–C–N with tert-alkyl or cyclic N) is 1. The summed E-state index contributed by atoms with van der Waals surface area (Å²) < 4.78 is 44.3. The van der Waals surface area contributed by atoms with E-state index < -0.39 is 28.0 Å². The van der Waals surface area contributed by atoms with Crippen molar-refractivity contribution in [1.82, 2.24) is 4.31 Å². The van der Waals surface area contributed by atoms with Crippen LogP contribution >= 0.6 is 0 Å². The maximum atomic E-state index is 13.0. The van der Waals surface area contributed by atoms with E-state index in [1.54, 1.807) is 0 Å². The summed E-state index contributed by atoms with van der Waals surface area (Å²) in [6.07, 6.45) is 0.794. The Bertz CT molecular complexity index is 712. The molecule has 112 valence electrons. The fraction of sp³-hybridized carbons (Fsp3) is 0.286. The second-order valence-corrected chi connectivity index (χ2v) is 6.79. The fourth-order valence-corrected chi connectivity index (χ4v) is 4.13. The van der Waals surface area contributed by atoms with Crippen LogP contribution in [0.3, 0.4) is 0 Å². The molecule has 1 fully saturated rings. The van der Waals surface area contributed by atoms with E-state index in [1.807, 2.05) is 0 Å². The normalized spacial score (nSPS) is 23.5. The Hall–Kier alpha value is -1.70. The average molecular weight is 311 g/mol. The van der Waals surface area contributed by atoms with Crippen LogP contribution in [0.15, 0.2) is 52.2 Å². The molecule has 0 bridgehead atoms. The Labute approximate surface area is 121 Å². The third-order valence-corrected chi connectivity index (χ3v) is 5.31. The molecular weight excluding hydrogens is 297 g/mol. The van der Waals surface area contributed by atoms with Crippen molar-refractivity contribution in [2.24, 2.45) is 0 Å². The number of hydrogen-bond donors (Lipinski definition) is 1. The number of rotatable bonds is 3. The van der Waals surface area contributed by atoms with E-state index >= 15 is 0 Å². The number of aliphatic hydroxyl groups is 1. The predicted molar refractivity (Wildman–Crippen MR) is 72.4 cm³/mol. The standard InChI is InChI=1S/C14H14FNO4S/c15-11-5-3-10(4-6-11)13-8-12(17)9-16(13)21(18,19)14-2-1-7-20-14/h1-7,12-13,17H,8-9H2/t12-,13+/m1/s1. The maximum Gasteiger partial charge on any atom is 0.277 e. The molecule has 1 saturated heterocycles. The summed E-state index contributed by atoms with van der Waals surface area (Å²) in [5.41, 5.74) is 0.642. The first kappa shape index (κ1) is 14.2. The van der Waals surface area contributed by atoms with Gasteiger partial charge in [-0.05, 0) is 36.2 Å². The van der Waals surface area contributed by atoms with E-state index in [4.69, 9.17) is 4.42 Å². The smallest absolute Gasteiger partial charge is 0.277 e. The summed E-state index contributed by atoms with van der Waals surface area (Å²) in [6, 6.07) is 7.94. The van der Waals surface area contributed by atoms with Crippen LogP contribution in [-0.4, -0.2) is 30.5 Å². The van der Waals surface area contributed by atoms with E-state index in [2.05, 4.69) is 0 Å². The van der Waals surface area contributed by atoms with Crippen molar-refractivity contribution in [3.05, 3.63) is 54.0 Å². The first-order valence-electron chi connectivity index (χ1n) is 6.47. The van der Waals surface area contributed by atoms with Crippen molar-refractivity contribution >= 4 is 10.0 Å². The molecule has 0 saturated carbocycles. The molecule has 21 heavy (non-hydrogen) atoms. The summed E-state index contributed by atoms with van der Waals surface area (Å²) >= 11 is 0. The Morgan fingerprint density at radius 2 is 1.95 bits per heavy atom. The largest absolute Gasteiger partial charge is 0.452 e. The summed E-state index contributed by atoms with van der Waals surface area (Å²) in [6.45, 7) is -0.00885. The van der Waals surface area contributed by atoms with Crippen LogP contribution in [0.25, 0.3) is 0 Å². The molecule has 7 heteroatoms. The molecule has 1 N–H and O–H groups in total. The van der Waals surface area contributed by atoms with Crippen LogP contribution in [-0.2, 0) is 10.0 Å². The van der Waals surface area contributed by atoms with Gasteiger partial charge in [0.2, 0.25) is 5.09 Å². The minimum absolute atomic E-state index is 0.00885. The molecular formula is C14H14FNO4S. The highest BCUT2D eigenvalue weighted by Crippen LogP contribution is 2.36. The lowest BCUT2D eigenvalue weighted by atomic mass is 10.0. The van der Waals surface area contributed by atoms with E-state index in [0.29, 0.717) is 5.56 Å². The number of halogens is 1. The SMILES string of the molecule is O=S(=O)(c1ccco1)N1C[C@H](O)C[C@H]1c1ccc(F)cc1. The Balaban J connectivity index is 1.98. The molecule has 3 rings (SSSR count). The number of hydrogen-bond acceptors (Lipinski definition) is 4.